The molecule has 0 amide bonds. The summed E-state index contributed by atoms with van der Waals surface area (Å²) in [7, 11) is 0. The minimum absolute atomic E-state index is 0.978. The van der Waals surface area contributed by atoms with Crippen molar-refractivity contribution in [2.75, 3.05) is 0 Å². The van der Waals surface area contributed by atoms with E-state index in [4.69, 9.17) is 0 Å². The van der Waals surface area contributed by atoms with Gasteiger partial charge in [-0.3, -0.25) is 0 Å². The zero-order valence-electron chi connectivity index (χ0n) is 9.10. The van der Waals surface area contributed by atoms with Crippen molar-refractivity contribution in [1.29, 1.82) is 0 Å². The molecule has 1 unspecified atom stereocenters. The molecular weight excluding hydrogens is 144 g/mol. The molecule has 0 aliphatic rings. The van der Waals surface area contributed by atoms with Crippen molar-refractivity contribution in [3.05, 3.63) is 6.42 Å². The molecule has 0 N–H and O–H groups in total. The van der Waals surface area contributed by atoms with E-state index in [1.807, 2.05) is 0 Å². The van der Waals surface area contributed by atoms with Gasteiger partial charge in [-0.05, 0) is 18.8 Å². The third kappa shape index (κ3) is 6.69. The van der Waals surface area contributed by atoms with Crippen LogP contribution in [-0.4, -0.2) is 0 Å². The van der Waals surface area contributed by atoms with Crippen molar-refractivity contribution in [2.45, 2.75) is 65.7 Å². The summed E-state index contributed by atoms with van der Waals surface area (Å²) in [5.41, 5.74) is 0. The Bertz CT molecular complexity index is 70.1. The quantitative estimate of drug-likeness (QED) is 0.466. The summed E-state index contributed by atoms with van der Waals surface area (Å²) < 4.78 is 0. The number of rotatable bonds is 8. The molecule has 0 fully saturated rings. The van der Waals surface area contributed by atoms with Gasteiger partial charge in [0.1, 0.15) is 0 Å². The van der Waals surface area contributed by atoms with E-state index in [2.05, 4.69) is 27.2 Å². The van der Waals surface area contributed by atoms with Crippen LogP contribution in [0.2, 0.25) is 0 Å². The van der Waals surface area contributed by atoms with Crippen molar-refractivity contribution in [2.24, 2.45) is 5.92 Å². The van der Waals surface area contributed by atoms with Crippen LogP contribution in [0.25, 0.3) is 0 Å². The van der Waals surface area contributed by atoms with Crippen molar-refractivity contribution < 1.29 is 0 Å². The fraction of sp³-hybridized carbons (Fsp3) is 0.917. The summed E-state index contributed by atoms with van der Waals surface area (Å²) >= 11 is 0. The second-order valence-corrected chi connectivity index (χ2v) is 3.79. The first-order valence-corrected chi connectivity index (χ1v) is 5.62. The number of hydrogen-bond acceptors (Lipinski definition) is 0. The Morgan fingerprint density at radius 2 is 1.75 bits per heavy atom. The van der Waals surface area contributed by atoms with Gasteiger partial charge in [0.2, 0.25) is 0 Å². The molecule has 73 valence electrons. The van der Waals surface area contributed by atoms with Gasteiger partial charge in [-0.1, -0.05) is 59.3 Å². The number of unbranched alkanes of at least 4 members (excludes halogenated alkanes) is 2. The first kappa shape index (κ1) is 12.0. The van der Waals surface area contributed by atoms with Crippen LogP contribution in [0.4, 0.5) is 0 Å². The fourth-order valence-electron chi connectivity index (χ4n) is 1.80. The summed E-state index contributed by atoms with van der Waals surface area (Å²) in [4.78, 5) is 0. The molecule has 0 heteroatoms. The molecule has 0 aromatic heterocycles. The first-order valence-electron chi connectivity index (χ1n) is 5.62. The zero-order valence-corrected chi connectivity index (χ0v) is 9.10. The van der Waals surface area contributed by atoms with Crippen LogP contribution in [0, 0.1) is 12.3 Å². The van der Waals surface area contributed by atoms with Crippen LogP contribution in [0.3, 0.4) is 0 Å². The maximum Gasteiger partial charge on any atom is -0.0412 e. The van der Waals surface area contributed by atoms with Gasteiger partial charge in [0, 0.05) is 0 Å². The van der Waals surface area contributed by atoms with Crippen LogP contribution in [0.15, 0.2) is 0 Å². The van der Waals surface area contributed by atoms with Gasteiger partial charge >= 0.3 is 0 Å². The fourth-order valence-corrected chi connectivity index (χ4v) is 1.80. The molecule has 1 atom stereocenters. The van der Waals surface area contributed by atoms with Gasteiger partial charge in [-0.25, -0.2) is 0 Å². The molecule has 1 radical (unpaired) electrons. The van der Waals surface area contributed by atoms with E-state index in [0.29, 0.717) is 0 Å². The van der Waals surface area contributed by atoms with Crippen molar-refractivity contribution in [3.63, 3.8) is 0 Å². The van der Waals surface area contributed by atoms with Gasteiger partial charge in [-0.15, -0.1) is 0 Å². The Morgan fingerprint density at radius 1 is 1.00 bits per heavy atom. The summed E-state index contributed by atoms with van der Waals surface area (Å²) in [6, 6.07) is 0. The van der Waals surface area contributed by atoms with Crippen molar-refractivity contribution in [1.82, 2.24) is 0 Å². The van der Waals surface area contributed by atoms with Crippen molar-refractivity contribution in [3.8, 4) is 0 Å². The van der Waals surface area contributed by atoms with Crippen LogP contribution in [0.1, 0.15) is 65.7 Å². The summed E-state index contributed by atoms with van der Waals surface area (Å²) in [6.07, 6.45) is 12.1. The molecule has 0 nitrogen and oxygen atoms in total. The maximum absolute atomic E-state index is 2.33. The minimum Gasteiger partial charge on any atom is -0.0654 e. The standard InChI is InChI=1S/C12H25/c1-4-7-8-11-12(9-5-2)10-6-3/h5,12H,4,6-11H2,1-3H3. The van der Waals surface area contributed by atoms with E-state index in [1.54, 1.807) is 0 Å². The summed E-state index contributed by atoms with van der Waals surface area (Å²) in [6.45, 7) is 6.76. The second kappa shape index (κ2) is 9.09. The maximum atomic E-state index is 2.33. The highest BCUT2D eigenvalue weighted by atomic mass is 14.1. The average Bonchev–Trinajstić information content (AvgIpc) is 2.06. The van der Waals surface area contributed by atoms with E-state index in [1.165, 1.54) is 44.9 Å². The monoisotopic (exact) mass is 169 g/mol. The Hall–Kier alpha value is 0. The lowest BCUT2D eigenvalue weighted by Crippen LogP contribution is -1.99. The lowest BCUT2D eigenvalue weighted by molar-refractivity contribution is 0.419. The normalized spacial score (nSPS) is 11.0. The molecule has 12 heavy (non-hydrogen) atoms. The van der Waals surface area contributed by atoms with Crippen LogP contribution in [0.5, 0.6) is 0 Å². The highest BCUT2D eigenvalue weighted by Gasteiger charge is 2.05. The van der Waals surface area contributed by atoms with E-state index < -0.39 is 0 Å². The average molecular weight is 169 g/mol. The van der Waals surface area contributed by atoms with Gasteiger partial charge in [0.05, 0.1) is 0 Å². The summed E-state index contributed by atoms with van der Waals surface area (Å²) in [5, 5.41) is 0. The van der Waals surface area contributed by atoms with Crippen LogP contribution in [-0.2, 0) is 0 Å². The Labute approximate surface area is 78.8 Å². The molecule has 0 spiro atoms. The molecule has 0 aliphatic carbocycles. The van der Waals surface area contributed by atoms with E-state index in [9.17, 15) is 0 Å². The molecule has 0 aromatic carbocycles. The predicted molar refractivity (Wildman–Crippen MR) is 57.1 cm³/mol. The number of hydrogen-bond donors (Lipinski definition) is 0. The lowest BCUT2D eigenvalue weighted by Gasteiger charge is -2.14. The largest absolute Gasteiger partial charge is 0.0654 e. The highest BCUT2D eigenvalue weighted by molar-refractivity contribution is 4.66. The van der Waals surface area contributed by atoms with E-state index in [0.717, 1.165) is 5.92 Å². The van der Waals surface area contributed by atoms with E-state index in [-0.39, 0.29) is 0 Å². The Morgan fingerprint density at radius 3 is 2.25 bits per heavy atom. The lowest BCUT2D eigenvalue weighted by atomic mass is 9.92. The second-order valence-electron chi connectivity index (χ2n) is 3.79. The molecule has 0 aliphatic heterocycles. The first-order chi connectivity index (χ1) is 5.85. The zero-order chi connectivity index (χ0) is 9.23. The smallest absolute Gasteiger partial charge is 0.0412 e. The molecule has 0 bridgehead atoms. The SMILES string of the molecule is C[CH]CC(CCC)CCCCC. The molecule has 0 rings (SSSR count). The van der Waals surface area contributed by atoms with Gasteiger partial charge in [0.25, 0.3) is 0 Å². The van der Waals surface area contributed by atoms with Gasteiger partial charge in [0.15, 0.2) is 0 Å². The predicted octanol–water partition coefficient (Wildman–Crippen LogP) is 4.60. The third-order valence-corrected chi connectivity index (χ3v) is 2.48. The van der Waals surface area contributed by atoms with Crippen LogP contribution >= 0.6 is 0 Å². The topological polar surface area (TPSA) is 0 Å². The Balaban J connectivity index is 3.34. The molecule has 0 heterocycles. The van der Waals surface area contributed by atoms with E-state index >= 15 is 0 Å². The van der Waals surface area contributed by atoms with Crippen molar-refractivity contribution >= 4 is 0 Å². The highest BCUT2D eigenvalue weighted by Crippen LogP contribution is 2.19. The third-order valence-electron chi connectivity index (χ3n) is 2.48. The van der Waals surface area contributed by atoms with Gasteiger partial charge in [-0.2, -0.15) is 0 Å². The molecular formula is C12H25. The van der Waals surface area contributed by atoms with Crippen LogP contribution < -0.4 is 0 Å². The molecule has 0 saturated heterocycles. The molecule has 0 aromatic rings. The molecule has 0 saturated carbocycles. The summed E-state index contributed by atoms with van der Waals surface area (Å²) in [5.74, 6) is 0.978. The van der Waals surface area contributed by atoms with Gasteiger partial charge < -0.3 is 0 Å². The Kier molecular flexibility index (Phi) is 9.09. The minimum atomic E-state index is 0.978.